The van der Waals surface area contributed by atoms with Crippen LogP contribution in [0.2, 0.25) is 0 Å². The Hall–Kier alpha value is -1.24. The zero-order valence-electron chi connectivity index (χ0n) is 16.8. The average Bonchev–Trinajstić information content (AvgIpc) is 3.06. The van der Waals surface area contributed by atoms with E-state index in [1.807, 2.05) is 6.92 Å². The summed E-state index contributed by atoms with van der Waals surface area (Å²) in [5.41, 5.74) is -0.992. The summed E-state index contributed by atoms with van der Waals surface area (Å²) in [7, 11) is 1.30. The summed E-state index contributed by atoms with van der Waals surface area (Å²) in [4.78, 5) is 25.1. The van der Waals surface area contributed by atoms with Crippen LogP contribution in [0.3, 0.4) is 0 Å². The molecule has 6 heteroatoms. The van der Waals surface area contributed by atoms with Gasteiger partial charge in [-0.25, -0.2) is 4.79 Å². The molecule has 7 atom stereocenters. The van der Waals surface area contributed by atoms with Gasteiger partial charge in [-0.05, 0) is 52.4 Å². The maximum absolute atomic E-state index is 13.1. The molecule has 0 aliphatic carbocycles. The fourth-order valence-corrected chi connectivity index (χ4v) is 4.60. The molecular formula is C21H32O6. The Labute approximate surface area is 161 Å². The van der Waals surface area contributed by atoms with E-state index in [-0.39, 0.29) is 29.0 Å². The Bertz CT molecular complexity index is 626. The number of hydrogen-bond donors (Lipinski definition) is 1. The van der Waals surface area contributed by atoms with Crippen molar-refractivity contribution in [2.24, 2.45) is 11.8 Å². The molecule has 27 heavy (non-hydrogen) atoms. The first-order chi connectivity index (χ1) is 12.6. The molecule has 0 aromatic rings. The lowest BCUT2D eigenvalue weighted by atomic mass is 9.81. The lowest BCUT2D eigenvalue weighted by molar-refractivity contribution is -0.144. The van der Waals surface area contributed by atoms with Gasteiger partial charge in [0, 0.05) is 17.4 Å². The van der Waals surface area contributed by atoms with E-state index in [9.17, 15) is 14.7 Å². The van der Waals surface area contributed by atoms with Gasteiger partial charge < -0.3 is 19.3 Å². The van der Waals surface area contributed by atoms with Crippen LogP contribution < -0.4 is 0 Å². The summed E-state index contributed by atoms with van der Waals surface area (Å²) in [6.45, 7) is 9.61. The summed E-state index contributed by atoms with van der Waals surface area (Å²) in [5.74, 6) is -1.21. The second-order valence-corrected chi connectivity index (χ2v) is 8.91. The molecule has 0 amide bonds. The van der Waals surface area contributed by atoms with Crippen LogP contribution in [0.15, 0.2) is 12.2 Å². The number of fused-ring (bicyclic) bond motifs is 3. The van der Waals surface area contributed by atoms with Crippen LogP contribution >= 0.6 is 0 Å². The standard InChI is InChI=1S/C21H32O6/c1-12-7-6-9-21(4)15(27-21)8-10-20(3,24)16-11-14(13(2)19(23)25-5)18(26-16)17(12)22/h12,14-16,18,24H,2,6-11H2,1,3-5H3/t12-,14-,15+,16?,18?,20+,21?/m0/s1. The van der Waals surface area contributed by atoms with Crippen LogP contribution in [-0.4, -0.2) is 53.5 Å². The van der Waals surface area contributed by atoms with Crippen molar-refractivity contribution in [2.75, 3.05) is 7.11 Å². The molecule has 0 saturated carbocycles. The minimum atomic E-state index is -1.10. The molecule has 152 valence electrons. The van der Waals surface area contributed by atoms with Crippen LogP contribution in [0.5, 0.6) is 0 Å². The summed E-state index contributed by atoms with van der Waals surface area (Å²) in [6, 6.07) is 0. The lowest BCUT2D eigenvalue weighted by Gasteiger charge is -2.30. The smallest absolute Gasteiger partial charge is 0.333 e. The third-order valence-corrected chi connectivity index (χ3v) is 6.76. The van der Waals surface area contributed by atoms with Gasteiger partial charge in [-0.2, -0.15) is 0 Å². The zero-order chi connectivity index (χ0) is 20.0. The molecule has 0 radical (unpaired) electrons. The van der Waals surface area contributed by atoms with E-state index < -0.39 is 29.7 Å². The van der Waals surface area contributed by atoms with Crippen molar-refractivity contribution in [2.45, 2.75) is 88.8 Å². The number of carbonyl (C=O) groups is 2. The zero-order valence-corrected chi connectivity index (χ0v) is 16.8. The van der Waals surface area contributed by atoms with Crippen molar-refractivity contribution in [1.29, 1.82) is 0 Å². The monoisotopic (exact) mass is 380 g/mol. The van der Waals surface area contributed by atoms with Gasteiger partial charge in [0.05, 0.1) is 30.5 Å². The average molecular weight is 380 g/mol. The summed E-state index contributed by atoms with van der Waals surface area (Å²) in [5, 5.41) is 11.0. The molecular weight excluding hydrogens is 348 g/mol. The van der Waals surface area contributed by atoms with E-state index in [2.05, 4.69) is 13.5 Å². The van der Waals surface area contributed by atoms with Crippen molar-refractivity contribution >= 4 is 11.8 Å². The summed E-state index contributed by atoms with van der Waals surface area (Å²) in [6.07, 6.45) is 3.07. The molecule has 3 aliphatic rings. The highest BCUT2D eigenvalue weighted by molar-refractivity contribution is 5.92. The Morgan fingerprint density at radius 2 is 1.96 bits per heavy atom. The van der Waals surface area contributed by atoms with Crippen LogP contribution in [0.25, 0.3) is 0 Å². The normalized spacial score (nSPS) is 45.1. The summed E-state index contributed by atoms with van der Waals surface area (Å²) < 4.78 is 16.7. The minimum absolute atomic E-state index is 0.0268. The molecule has 3 rings (SSSR count). The van der Waals surface area contributed by atoms with Crippen LogP contribution in [-0.2, 0) is 23.8 Å². The van der Waals surface area contributed by atoms with Gasteiger partial charge in [0.1, 0.15) is 6.10 Å². The molecule has 3 saturated heterocycles. The van der Waals surface area contributed by atoms with Crippen LogP contribution in [0.1, 0.15) is 59.3 Å². The fraction of sp³-hybridized carbons (Fsp3) is 0.810. The molecule has 0 aromatic heterocycles. The highest BCUT2D eigenvalue weighted by Crippen LogP contribution is 2.46. The molecule has 1 N–H and O–H groups in total. The SMILES string of the molecule is C=C(C(=O)OC)[C@@H]1CC2OC1C(=O)[C@@H](C)CCCC1(C)O[C@@H]1CC[C@@]2(C)O. The molecule has 3 heterocycles. The van der Waals surface area contributed by atoms with Gasteiger partial charge in [0.2, 0.25) is 0 Å². The van der Waals surface area contributed by atoms with Crippen molar-refractivity contribution < 1.29 is 28.9 Å². The molecule has 3 fully saturated rings. The Morgan fingerprint density at radius 3 is 2.63 bits per heavy atom. The third-order valence-electron chi connectivity index (χ3n) is 6.76. The number of hydrogen-bond acceptors (Lipinski definition) is 6. The van der Waals surface area contributed by atoms with E-state index in [1.165, 1.54) is 7.11 Å². The number of methoxy groups -OCH3 is 1. The van der Waals surface area contributed by atoms with Crippen LogP contribution in [0.4, 0.5) is 0 Å². The Kier molecular flexibility index (Phi) is 5.54. The number of aliphatic hydroxyl groups is 1. The van der Waals surface area contributed by atoms with Crippen molar-refractivity contribution in [1.82, 2.24) is 0 Å². The summed E-state index contributed by atoms with van der Waals surface area (Å²) >= 11 is 0. The second-order valence-electron chi connectivity index (χ2n) is 8.91. The van der Waals surface area contributed by atoms with Crippen molar-refractivity contribution in [3.05, 3.63) is 12.2 Å². The Balaban J connectivity index is 1.85. The Morgan fingerprint density at radius 1 is 1.26 bits per heavy atom. The topological polar surface area (TPSA) is 85.4 Å². The van der Waals surface area contributed by atoms with E-state index >= 15 is 0 Å². The van der Waals surface area contributed by atoms with Gasteiger partial charge in [0.25, 0.3) is 0 Å². The molecule has 2 bridgehead atoms. The van der Waals surface area contributed by atoms with Crippen LogP contribution in [0, 0.1) is 11.8 Å². The number of esters is 1. The van der Waals surface area contributed by atoms with Crippen molar-refractivity contribution in [3.8, 4) is 0 Å². The lowest BCUT2D eigenvalue weighted by Crippen LogP contribution is -2.40. The first-order valence-corrected chi connectivity index (χ1v) is 9.95. The van der Waals surface area contributed by atoms with E-state index in [4.69, 9.17) is 14.2 Å². The fourth-order valence-electron chi connectivity index (χ4n) is 4.60. The van der Waals surface area contributed by atoms with Gasteiger partial charge in [-0.3, -0.25) is 4.79 Å². The maximum atomic E-state index is 13.1. The van der Waals surface area contributed by atoms with Gasteiger partial charge in [-0.1, -0.05) is 13.5 Å². The molecule has 3 aliphatic heterocycles. The molecule has 0 aromatic carbocycles. The molecule has 6 nitrogen and oxygen atoms in total. The maximum Gasteiger partial charge on any atom is 0.333 e. The predicted molar refractivity (Wildman–Crippen MR) is 99.1 cm³/mol. The quantitative estimate of drug-likeness (QED) is 0.450. The highest BCUT2D eigenvalue weighted by atomic mass is 16.6. The second kappa shape index (κ2) is 7.30. The molecule has 0 spiro atoms. The molecule has 3 unspecified atom stereocenters. The van der Waals surface area contributed by atoms with E-state index in [0.29, 0.717) is 12.8 Å². The number of Topliss-reactive ketones (excluding diaryl/α,β-unsaturated/α-hetero) is 1. The minimum Gasteiger partial charge on any atom is -0.466 e. The van der Waals surface area contributed by atoms with Crippen molar-refractivity contribution in [3.63, 3.8) is 0 Å². The third kappa shape index (κ3) is 3.98. The van der Waals surface area contributed by atoms with E-state index in [0.717, 1.165) is 25.7 Å². The number of carbonyl (C=O) groups excluding carboxylic acids is 2. The number of rotatable bonds is 2. The van der Waals surface area contributed by atoms with Gasteiger partial charge >= 0.3 is 5.97 Å². The number of ether oxygens (including phenoxy) is 3. The van der Waals surface area contributed by atoms with E-state index in [1.54, 1.807) is 6.92 Å². The largest absolute Gasteiger partial charge is 0.466 e. The predicted octanol–water partition coefficient (Wildman–Crippen LogP) is 2.57. The van der Waals surface area contributed by atoms with Gasteiger partial charge in [-0.15, -0.1) is 0 Å². The highest BCUT2D eigenvalue weighted by Gasteiger charge is 2.54. The first kappa shape index (κ1) is 20.5. The first-order valence-electron chi connectivity index (χ1n) is 9.95. The number of ketones is 1. The number of epoxide rings is 1. The van der Waals surface area contributed by atoms with Gasteiger partial charge in [0.15, 0.2) is 5.78 Å².